The highest BCUT2D eigenvalue weighted by Gasteiger charge is 2.33. The molecule has 0 radical (unpaired) electrons. The first kappa shape index (κ1) is 17.1. The SMILES string of the molecule is CC(C)(C)OC(=O)N1CC(NCCC(=O)N2CCCCC2)C1. The summed E-state index contributed by atoms with van der Waals surface area (Å²) in [5.41, 5.74) is -0.448. The van der Waals surface area contributed by atoms with Crippen molar-refractivity contribution in [1.82, 2.24) is 15.1 Å². The van der Waals surface area contributed by atoms with Crippen LogP contribution in [0, 0.1) is 0 Å². The Hall–Kier alpha value is -1.30. The van der Waals surface area contributed by atoms with Crippen molar-refractivity contribution in [3.8, 4) is 0 Å². The van der Waals surface area contributed by atoms with Gasteiger partial charge in [0, 0.05) is 45.2 Å². The summed E-state index contributed by atoms with van der Waals surface area (Å²) in [6.45, 7) is 9.43. The van der Waals surface area contributed by atoms with Crippen LogP contribution in [0.3, 0.4) is 0 Å². The van der Waals surface area contributed by atoms with E-state index < -0.39 is 5.60 Å². The molecule has 2 heterocycles. The van der Waals surface area contributed by atoms with Gasteiger partial charge in [0.1, 0.15) is 5.60 Å². The summed E-state index contributed by atoms with van der Waals surface area (Å²) in [6.07, 6.45) is 3.79. The number of carbonyl (C=O) groups is 2. The highest BCUT2D eigenvalue weighted by Crippen LogP contribution is 2.15. The van der Waals surface area contributed by atoms with E-state index in [2.05, 4.69) is 5.32 Å². The second-order valence-corrected chi connectivity index (χ2v) is 7.23. The minimum absolute atomic E-state index is 0.246. The van der Waals surface area contributed by atoms with E-state index in [1.165, 1.54) is 6.42 Å². The number of carbonyl (C=O) groups excluding carboxylic acids is 2. The number of nitrogens with zero attached hydrogens (tertiary/aromatic N) is 2. The summed E-state index contributed by atoms with van der Waals surface area (Å²) >= 11 is 0. The largest absolute Gasteiger partial charge is 0.444 e. The molecule has 0 aliphatic carbocycles. The molecule has 0 aromatic heterocycles. The Bertz CT molecular complexity index is 394. The van der Waals surface area contributed by atoms with Gasteiger partial charge >= 0.3 is 6.09 Å². The number of hydrogen-bond donors (Lipinski definition) is 1. The van der Waals surface area contributed by atoms with E-state index in [0.29, 0.717) is 26.1 Å². The molecule has 2 fully saturated rings. The van der Waals surface area contributed by atoms with Gasteiger partial charge in [0.25, 0.3) is 0 Å². The van der Waals surface area contributed by atoms with E-state index in [4.69, 9.17) is 4.74 Å². The predicted molar refractivity (Wildman–Crippen MR) is 84.6 cm³/mol. The molecule has 0 saturated carbocycles. The number of nitrogens with one attached hydrogen (secondary N) is 1. The fraction of sp³-hybridized carbons (Fsp3) is 0.875. The zero-order valence-electron chi connectivity index (χ0n) is 14.1. The third-order valence-corrected chi connectivity index (χ3v) is 4.01. The molecule has 2 saturated heterocycles. The van der Waals surface area contributed by atoms with Crippen LogP contribution in [-0.2, 0) is 9.53 Å². The van der Waals surface area contributed by atoms with Gasteiger partial charge in [-0.25, -0.2) is 4.79 Å². The van der Waals surface area contributed by atoms with Gasteiger partial charge < -0.3 is 19.9 Å². The molecule has 0 aromatic carbocycles. The Balaban J connectivity index is 1.56. The molecular formula is C16H29N3O3. The van der Waals surface area contributed by atoms with Crippen LogP contribution >= 0.6 is 0 Å². The number of ether oxygens (including phenoxy) is 1. The number of likely N-dealkylation sites (tertiary alicyclic amines) is 2. The summed E-state index contributed by atoms with van der Waals surface area (Å²) in [6, 6.07) is 0.279. The van der Waals surface area contributed by atoms with Gasteiger partial charge in [-0.2, -0.15) is 0 Å². The quantitative estimate of drug-likeness (QED) is 0.856. The Morgan fingerprint density at radius 2 is 1.73 bits per heavy atom. The van der Waals surface area contributed by atoms with Crippen LogP contribution in [0.5, 0.6) is 0 Å². The first-order valence-corrected chi connectivity index (χ1v) is 8.34. The van der Waals surface area contributed by atoms with Crippen LogP contribution in [0.25, 0.3) is 0 Å². The van der Waals surface area contributed by atoms with Crippen molar-refractivity contribution in [3.05, 3.63) is 0 Å². The maximum Gasteiger partial charge on any atom is 0.410 e. The molecule has 1 N–H and O–H groups in total. The lowest BCUT2D eigenvalue weighted by Gasteiger charge is -2.40. The third kappa shape index (κ3) is 5.16. The molecule has 0 unspecified atom stereocenters. The Morgan fingerprint density at radius 1 is 1.09 bits per heavy atom. The van der Waals surface area contributed by atoms with Crippen molar-refractivity contribution in [2.45, 2.75) is 58.1 Å². The molecule has 0 bridgehead atoms. The molecule has 0 spiro atoms. The average molecular weight is 311 g/mol. The number of rotatable bonds is 4. The van der Waals surface area contributed by atoms with E-state index in [1.54, 1.807) is 4.90 Å². The van der Waals surface area contributed by atoms with Gasteiger partial charge in [0.05, 0.1) is 0 Å². The van der Waals surface area contributed by atoms with Gasteiger partial charge in [-0.05, 0) is 40.0 Å². The predicted octanol–water partition coefficient (Wildman–Crippen LogP) is 1.60. The molecule has 0 atom stereocenters. The molecule has 2 aliphatic rings. The minimum Gasteiger partial charge on any atom is -0.444 e. The van der Waals surface area contributed by atoms with E-state index in [1.807, 2.05) is 25.7 Å². The molecule has 126 valence electrons. The van der Waals surface area contributed by atoms with Crippen LogP contribution in [0.4, 0.5) is 4.79 Å². The fourth-order valence-electron chi connectivity index (χ4n) is 2.77. The molecule has 22 heavy (non-hydrogen) atoms. The normalized spacial score (nSPS) is 19.8. The van der Waals surface area contributed by atoms with Crippen LogP contribution in [0.2, 0.25) is 0 Å². The molecule has 0 aromatic rings. The van der Waals surface area contributed by atoms with E-state index >= 15 is 0 Å². The lowest BCUT2D eigenvalue weighted by Crippen LogP contribution is -2.60. The zero-order valence-corrected chi connectivity index (χ0v) is 14.1. The van der Waals surface area contributed by atoms with Gasteiger partial charge in [-0.3, -0.25) is 4.79 Å². The van der Waals surface area contributed by atoms with Crippen molar-refractivity contribution in [2.24, 2.45) is 0 Å². The van der Waals surface area contributed by atoms with Crippen LogP contribution in [0.15, 0.2) is 0 Å². The highest BCUT2D eigenvalue weighted by atomic mass is 16.6. The minimum atomic E-state index is -0.448. The van der Waals surface area contributed by atoms with Crippen molar-refractivity contribution in [1.29, 1.82) is 0 Å². The van der Waals surface area contributed by atoms with Crippen molar-refractivity contribution >= 4 is 12.0 Å². The summed E-state index contributed by atoms with van der Waals surface area (Å²) in [7, 11) is 0. The van der Waals surface area contributed by atoms with Gasteiger partial charge in [0.2, 0.25) is 5.91 Å². The molecule has 2 rings (SSSR count). The van der Waals surface area contributed by atoms with E-state index in [-0.39, 0.29) is 18.0 Å². The highest BCUT2D eigenvalue weighted by molar-refractivity contribution is 5.76. The first-order valence-electron chi connectivity index (χ1n) is 8.34. The van der Waals surface area contributed by atoms with E-state index in [0.717, 1.165) is 25.9 Å². The smallest absolute Gasteiger partial charge is 0.410 e. The number of amides is 2. The summed E-state index contributed by atoms with van der Waals surface area (Å²) in [5.74, 6) is 0.246. The van der Waals surface area contributed by atoms with Crippen LogP contribution < -0.4 is 5.32 Å². The van der Waals surface area contributed by atoms with Crippen molar-refractivity contribution < 1.29 is 14.3 Å². The van der Waals surface area contributed by atoms with Crippen LogP contribution in [-0.4, -0.2) is 66.2 Å². The molecule has 6 nitrogen and oxygen atoms in total. The molecule has 6 heteroatoms. The Kier molecular flexibility index (Phi) is 5.67. The van der Waals surface area contributed by atoms with Gasteiger partial charge in [0.15, 0.2) is 0 Å². The third-order valence-electron chi connectivity index (χ3n) is 4.01. The van der Waals surface area contributed by atoms with Crippen LogP contribution in [0.1, 0.15) is 46.5 Å². The Morgan fingerprint density at radius 3 is 2.32 bits per heavy atom. The second kappa shape index (κ2) is 7.31. The zero-order chi connectivity index (χ0) is 16.2. The molecular weight excluding hydrogens is 282 g/mol. The molecule has 2 amide bonds. The average Bonchev–Trinajstić information content (AvgIpc) is 2.39. The van der Waals surface area contributed by atoms with E-state index in [9.17, 15) is 9.59 Å². The lowest BCUT2D eigenvalue weighted by atomic mass is 10.1. The molecule has 2 aliphatic heterocycles. The number of piperidine rings is 1. The summed E-state index contributed by atoms with van der Waals surface area (Å²) in [4.78, 5) is 27.5. The first-order chi connectivity index (χ1) is 10.3. The maximum atomic E-state index is 12.0. The monoisotopic (exact) mass is 311 g/mol. The van der Waals surface area contributed by atoms with Gasteiger partial charge in [-0.15, -0.1) is 0 Å². The second-order valence-electron chi connectivity index (χ2n) is 7.23. The number of hydrogen-bond acceptors (Lipinski definition) is 4. The maximum absolute atomic E-state index is 12.0. The van der Waals surface area contributed by atoms with Crippen molar-refractivity contribution in [3.63, 3.8) is 0 Å². The Labute approximate surface area is 133 Å². The van der Waals surface area contributed by atoms with Gasteiger partial charge in [-0.1, -0.05) is 0 Å². The summed E-state index contributed by atoms with van der Waals surface area (Å²) < 4.78 is 5.31. The fourth-order valence-corrected chi connectivity index (χ4v) is 2.77. The lowest BCUT2D eigenvalue weighted by molar-refractivity contribution is -0.132. The topological polar surface area (TPSA) is 61.9 Å². The summed E-state index contributed by atoms with van der Waals surface area (Å²) in [5, 5.41) is 3.34. The standard InChI is InChI=1S/C16H29N3O3/c1-16(2,3)22-15(21)19-11-13(12-19)17-8-7-14(20)18-9-5-4-6-10-18/h13,17H,4-12H2,1-3H3. The van der Waals surface area contributed by atoms with Crippen molar-refractivity contribution in [2.75, 3.05) is 32.7 Å².